The van der Waals surface area contributed by atoms with Gasteiger partial charge in [-0.2, -0.15) is 0 Å². The van der Waals surface area contributed by atoms with Crippen molar-refractivity contribution in [1.29, 1.82) is 0 Å². The van der Waals surface area contributed by atoms with Crippen LogP contribution in [0.4, 0.5) is 0 Å². The highest BCUT2D eigenvalue weighted by atomic mass is 16.7. The molecule has 1 atom stereocenters. The summed E-state index contributed by atoms with van der Waals surface area (Å²) in [4.78, 5) is 0. The highest BCUT2D eigenvalue weighted by Crippen LogP contribution is 2.37. The largest absolute Gasteiger partial charge is 0.454 e. The van der Waals surface area contributed by atoms with Crippen molar-refractivity contribution in [2.45, 2.75) is 18.9 Å². The average molecular weight is 248 g/mol. The third-order valence-electron chi connectivity index (χ3n) is 3.92. The van der Waals surface area contributed by atoms with E-state index in [9.17, 15) is 0 Å². The molecule has 0 aromatic heterocycles. The van der Waals surface area contributed by atoms with E-state index < -0.39 is 0 Å². The predicted molar refractivity (Wildman–Crippen MR) is 70.0 cm³/mol. The zero-order valence-corrected chi connectivity index (χ0v) is 10.7. The Morgan fingerprint density at radius 3 is 2.78 bits per heavy atom. The fourth-order valence-electron chi connectivity index (χ4n) is 2.96. The Labute approximate surface area is 108 Å². The van der Waals surface area contributed by atoms with Crippen LogP contribution >= 0.6 is 0 Å². The second kappa shape index (κ2) is 5.16. The maximum absolute atomic E-state index is 5.46. The first kappa shape index (κ1) is 11.8. The second-order valence-electron chi connectivity index (χ2n) is 4.97. The van der Waals surface area contributed by atoms with Gasteiger partial charge >= 0.3 is 0 Å². The highest BCUT2D eigenvalue weighted by Gasteiger charge is 2.25. The third-order valence-corrected chi connectivity index (χ3v) is 3.92. The highest BCUT2D eigenvalue weighted by molar-refractivity contribution is 5.45. The average Bonchev–Trinajstić information content (AvgIpc) is 2.88. The molecular formula is C14H20N2O2. The summed E-state index contributed by atoms with van der Waals surface area (Å²) in [7, 11) is 2.04. The quantitative estimate of drug-likeness (QED) is 0.854. The van der Waals surface area contributed by atoms with E-state index in [4.69, 9.17) is 9.47 Å². The van der Waals surface area contributed by atoms with Crippen molar-refractivity contribution in [2.75, 3.05) is 26.9 Å². The van der Waals surface area contributed by atoms with Gasteiger partial charge in [0.25, 0.3) is 0 Å². The maximum atomic E-state index is 5.46. The van der Waals surface area contributed by atoms with E-state index in [1.54, 1.807) is 0 Å². The molecule has 0 spiro atoms. The Morgan fingerprint density at radius 1 is 1.22 bits per heavy atom. The number of benzene rings is 1. The van der Waals surface area contributed by atoms with Gasteiger partial charge < -0.3 is 20.1 Å². The van der Waals surface area contributed by atoms with Crippen LogP contribution in [0.5, 0.6) is 11.5 Å². The number of hydrogen-bond donors (Lipinski definition) is 2. The Morgan fingerprint density at radius 2 is 2.00 bits per heavy atom. The molecule has 0 saturated carbocycles. The van der Waals surface area contributed by atoms with Crippen LogP contribution in [0.15, 0.2) is 18.2 Å². The van der Waals surface area contributed by atoms with Crippen molar-refractivity contribution >= 4 is 0 Å². The predicted octanol–water partition coefficient (Wildman–Crippen LogP) is 1.68. The molecule has 2 aliphatic rings. The van der Waals surface area contributed by atoms with E-state index in [2.05, 4.69) is 22.8 Å². The number of piperidine rings is 1. The topological polar surface area (TPSA) is 42.5 Å². The standard InChI is InChI=1S/C14H20N2O2/c1-15-14(10-4-6-16-7-5-10)11-2-3-12-13(8-11)18-9-17-12/h2-3,8,10,14-16H,4-7,9H2,1H3. The smallest absolute Gasteiger partial charge is 0.231 e. The Bertz CT molecular complexity index is 416. The molecule has 0 amide bonds. The summed E-state index contributed by atoms with van der Waals surface area (Å²) in [6.07, 6.45) is 2.44. The van der Waals surface area contributed by atoms with Crippen molar-refractivity contribution in [3.63, 3.8) is 0 Å². The first-order valence-corrected chi connectivity index (χ1v) is 6.66. The fraction of sp³-hybridized carbons (Fsp3) is 0.571. The van der Waals surface area contributed by atoms with Gasteiger partial charge in [0.2, 0.25) is 6.79 Å². The van der Waals surface area contributed by atoms with E-state index in [1.807, 2.05) is 13.1 Å². The van der Waals surface area contributed by atoms with Gasteiger partial charge in [-0.1, -0.05) is 6.07 Å². The van der Waals surface area contributed by atoms with Crippen LogP contribution in [0.2, 0.25) is 0 Å². The molecule has 0 bridgehead atoms. The Kier molecular flexibility index (Phi) is 3.39. The van der Waals surface area contributed by atoms with Gasteiger partial charge in [-0.15, -0.1) is 0 Å². The molecule has 98 valence electrons. The molecule has 4 heteroatoms. The van der Waals surface area contributed by atoms with Crippen LogP contribution in [0.3, 0.4) is 0 Å². The van der Waals surface area contributed by atoms with Crippen LogP contribution in [0, 0.1) is 5.92 Å². The van der Waals surface area contributed by atoms with E-state index in [0.717, 1.165) is 24.6 Å². The summed E-state index contributed by atoms with van der Waals surface area (Å²) in [6.45, 7) is 2.58. The zero-order chi connectivity index (χ0) is 12.4. The lowest BCUT2D eigenvalue weighted by molar-refractivity contribution is 0.174. The number of rotatable bonds is 3. The van der Waals surface area contributed by atoms with Gasteiger partial charge in [-0.3, -0.25) is 0 Å². The van der Waals surface area contributed by atoms with E-state index in [1.165, 1.54) is 18.4 Å². The van der Waals surface area contributed by atoms with Crippen molar-refractivity contribution in [2.24, 2.45) is 5.92 Å². The number of nitrogens with one attached hydrogen (secondary N) is 2. The molecule has 2 N–H and O–H groups in total. The minimum atomic E-state index is 0.344. The fourth-order valence-corrected chi connectivity index (χ4v) is 2.96. The summed E-state index contributed by atoms with van der Waals surface area (Å²) < 4.78 is 10.8. The third kappa shape index (κ3) is 2.18. The molecule has 2 heterocycles. The van der Waals surface area contributed by atoms with Crippen LogP contribution in [-0.2, 0) is 0 Å². The molecule has 1 unspecified atom stereocenters. The molecule has 4 nitrogen and oxygen atoms in total. The summed E-state index contributed by atoms with van der Waals surface area (Å²) in [5.41, 5.74) is 1.30. The van der Waals surface area contributed by atoms with Gasteiger partial charge in [0, 0.05) is 6.04 Å². The minimum Gasteiger partial charge on any atom is -0.454 e. The normalized spacial score (nSPS) is 20.9. The molecule has 1 saturated heterocycles. The zero-order valence-electron chi connectivity index (χ0n) is 10.7. The molecule has 1 aromatic rings. The van der Waals surface area contributed by atoms with E-state index >= 15 is 0 Å². The molecule has 0 radical (unpaired) electrons. The van der Waals surface area contributed by atoms with Gasteiger partial charge in [-0.25, -0.2) is 0 Å². The molecule has 18 heavy (non-hydrogen) atoms. The molecule has 2 aliphatic heterocycles. The molecular weight excluding hydrogens is 228 g/mol. The minimum absolute atomic E-state index is 0.344. The van der Waals surface area contributed by atoms with Crippen LogP contribution in [-0.4, -0.2) is 26.9 Å². The molecule has 1 aromatic carbocycles. The summed E-state index contributed by atoms with van der Waals surface area (Å²) in [5.74, 6) is 2.43. The lowest BCUT2D eigenvalue weighted by Crippen LogP contribution is -2.35. The maximum Gasteiger partial charge on any atom is 0.231 e. The van der Waals surface area contributed by atoms with Crippen molar-refractivity contribution in [3.8, 4) is 11.5 Å². The number of fused-ring (bicyclic) bond motifs is 1. The molecule has 1 fully saturated rings. The van der Waals surface area contributed by atoms with Crippen molar-refractivity contribution in [3.05, 3.63) is 23.8 Å². The van der Waals surface area contributed by atoms with Crippen LogP contribution < -0.4 is 20.1 Å². The van der Waals surface area contributed by atoms with Gasteiger partial charge in [0.15, 0.2) is 11.5 Å². The summed E-state index contributed by atoms with van der Waals surface area (Å²) in [5, 5.41) is 6.87. The van der Waals surface area contributed by atoms with Crippen molar-refractivity contribution in [1.82, 2.24) is 10.6 Å². The monoisotopic (exact) mass is 248 g/mol. The van der Waals surface area contributed by atoms with Gasteiger partial charge in [0.1, 0.15) is 0 Å². The Balaban J connectivity index is 1.82. The van der Waals surface area contributed by atoms with E-state index in [-0.39, 0.29) is 0 Å². The second-order valence-corrected chi connectivity index (χ2v) is 4.97. The molecule has 0 aliphatic carbocycles. The van der Waals surface area contributed by atoms with Gasteiger partial charge in [0.05, 0.1) is 0 Å². The summed E-state index contributed by atoms with van der Waals surface area (Å²) in [6, 6.07) is 6.69. The van der Waals surface area contributed by atoms with Crippen LogP contribution in [0.1, 0.15) is 24.4 Å². The Hall–Kier alpha value is -1.26. The first-order chi connectivity index (χ1) is 8.88. The lowest BCUT2D eigenvalue weighted by Gasteiger charge is -2.31. The van der Waals surface area contributed by atoms with Gasteiger partial charge in [-0.05, 0) is 56.6 Å². The summed E-state index contributed by atoms with van der Waals surface area (Å²) >= 11 is 0. The van der Waals surface area contributed by atoms with E-state index in [0.29, 0.717) is 18.8 Å². The SMILES string of the molecule is CNC(c1ccc2c(c1)OCO2)C1CCNCC1. The number of ether oxygens (including phenoxy) is 2. The first-order valence-electron chi connectivity index (χ1n) is 6.66. The molecule has 3 rings (SSSR count). The lowest BCUT2D eigenvalue weighted by atomic mass is 9.86. The van der Waals surface area contributed by atoms with Crippen molar-refractivity contribution < 1.29 is 9.47 Å². The van der Waals surface area contributed by atoms with Crippen LogP contribution in [0.25, 0.3) is 0 Å². The number of hydrogen-bond acceptors (Lipinski definition) is 4.